The number of benzene rings is 2. The average molecular weight is 1110 g/mol. The molecule has 5 rings (SSSR count). The summed E-state index contributed by atoms with van der Waals surface area (Å²) in [6.07, 6.45) is -11.9. The molecule has 16 nitrogen and oxygen atoms in total. The van der Waals surface area contributed by atoms with Gasteiger partial charge in [0.2, 0.25) is 11.7 Å². The number of anilines is 1. The Hall–Kier alpha value is -5.56. The van der Waals surface area contributed by atoms with Crippen LogP contribution in [-0.4, -0.2) is 112 Å². The highest BCUT2D eigenvalue weighted by Gasteiger charge is 2.48. The molecule has 2 heterocycles. The van der Waals surface area contributed by atoms with E-state index in [4.69, 9.17) is 17.3 Å². The summed E-state index contributed by atoms with van der Waals surface area (Å²) < 4.78 is 180. The van der Waals surface area contributed by atoms with Crippen molar-refractivity contribution in [3.05, 3.63) is 87.3 Å². The first-order valence-corrected chi connectivity index (χ1v) is 25.7. The van der Waals surface area contributed by atoms with E-state index in [1.54, 1.807) is 0 Å². The second-order valence-corrected chi connectivity index (χ2v) is 21.6. The minimum atomic E-state index is -5.27. The number of fused-ring (bicyclic) bond motifs is 1. The average Bonchev–Trinajstić information content (AvgIpc) is 3.75. The number of aromatic nitrogens is 3. The van der Waals surface area contributed by atoms with Crippen LogP contribution in [0.3, 0.4) is 0 Å². The number of hydrogen-bond donors (Lipinski definition) is 5. The number of pyridine rings is 1. The number of carbonyl (C=O) groups excluding carboxylic acids is 3. The van der Waals surface area contributed by atoms with Crippen molar-refractivity contribution in [2.75, 3.05) is 36.1 Å². The molecular formula is C42H40ClF10N8O8PS2. The van der Waals surface area contributed by atoms with Gasteiger partial charge in [-0.05, 0) is 68.5 Å². The highest BCUT2D eigenvalue weighted by atomic mass is 35.5. The van der Waals surface area contributed by atoms with Gasteiger partial charge in [-0.2, -0.15) is 35.1 Å². The quantitative estimate of drug-likeness (QED) is 0.0319. The van der Waals surface area contributed by atoms with E-state index >= 15 is 0 Å². The van der Waals surface area contributed by atoms with Gasteiger partial charge in [-0.1, -0.05) is 27.9 Å². The minimum absolute atomic E-state index is 0.148. The zero-order valence-corrected chi connectivity index (χ0v) is 40.9. The number of nitrogens with one attached hydrogen (secondary N) is 2. The summed E-state index contributed by atoms with van der Waals surface area (Å²) in [7, 11) is -6.32. The van der Waals surface area contributed by atoms with Crippen LogP contribution in [0.15, 0.2) is 58.7 Å². The van der Waals surface area contributed by atoms with Gasteiger partial charge in [-0.15, -0.1) is 5.10 Å². The van der Waals surface area contributed by atoms with Crippen molar-refractivity contribution in [3.63, 3.8) is 0 Å². The summed E-state index contributed by atoms with van der Waals surface area (Å²) in [6, 6.07) is 4.92. The van der Waals surface area contributed by atoms with E-state index in [1.807, 2.05) is 5.32 Å². The molecule has 0 spiro atoms. The fourth-order valence-corrected chi connectivity index (χ4v) is 8.53. The van der Waals surface area contributed by atoms with E-state index in [1.165, 1.54) is 32.2 Å². The molecule has 2 aromatic heterocycles. The van der Waals surface area contributed by atoms with Crippen molar-refractivity contribution in [3.8, 4) is 23.0 Å². The number of amides is 3. The number of alkyl halides is 8. The Morgan fingerprint density at radius 2 is 1.71 bits per heavy atom. The van der Waals surface area contributed by atoms with Crippen LogP contribution in [-0.2, 0) is 54.1 Å². The lowest BCUT2D eigenvalue weighted by atomic mass is 9.93. The standard InChI is InChI=1S/C42H40ClF10N8O8PS2/c1-39(2,71(3)68)11-9-24-5-6-25(26-7-8-28(43)31-33(26)60(20-41(48,49)50)59-36(31)61(72(4)69)38(64)37(63)55-13-14-70(65,66)67)32(57-24)29(17-21-15-22(44)18-23(45)16-21)58-30(62)19-56-35-27(10-12-40(35,46)47)34(54)42(51,52)53/h5-8,15-16,18,29H,10,12-14,17,19-20,54H2,1-4H3,(H,55,63)(H,58,62)(H2,65,66,67). The number of halogens is 11. The largest absolute Gasteiger partial charge is 0.593 e. The van der Waals surface area contributed by atoms with E-state index in [-0.39, 0.29) is 31.4 Å². The Morgan fingerprint density at radius 3 is 2.28 bits per heavy atom. The van der Waals surface area contributed by atoms with Crippen molar-refractivity contribution in [2.24, 2.45) is 10.7 Å². The third kappa shape index (κ3) is 14.1. The molecule has 3 amide bonds. The number of allylic oxidation sites excluding steroid dienone is 2. The van der Waals surface area contributed by atoms with Crippen LogP contribution in [0.2, 0.25) is 5.02 Å². The van der Waals surface area contributed by atoms with Crippen LogP contribution < -0.4 is 20.7 Å². The second kappa shape index (κ2) is 21.9. The number of rotatable bonds is 14. The van der Waals surface area contributed by atoms with Crippen molar-refractivity contribution in [2.45, 2.75) is 68.7 Å². The van der Waals surface area contributed by atoms with Gasteiger partial charge >= 0.3 is 31.8 Å². The lowest BCUT2D eigenvalue weighted by Crippen LogP contribution is -2.46. The van der Waals surface area contributed by atoms with E-state index < -0.39 is 178 Å². The number of aliphatic imine (C=N–C) groups is 1. The third-order valence-electron chi connectivity index (χ3n) is 10.5. The van der Waals surface area contributed by atoms with Gasteiger partial charge in [0.1, 0.15) is 52.8 Å². The van der Waals surface area contributed by atoms with Gasteiger partial charge in [0.25, 0.3) is 5.92 Å². The fraction of sp³-hybridized carbons (Fsp3) is 0.381. The normalized spacial score (nSPS) is 16.7. The lowest BCUT2D eigenvalue weighted by Gasteiger charge is -2.23. The maximum absolute atomic E-state index is 15.0. The molecule has 1 saturated carbocycles. The van der Waals surface area contributed by atoms with Gasteiger partial charge in [0.15, 0.2) is 0 Å². The molecule has 72 heavy (non-hydrogen) atoms. The smallest absolute Gasteiger partial charge is 0.431 e. The predicted molar refractivity (Wildman–Crippen MR) is 245 cm³/mol. The zero-order chi connectivity index (χ0) is 54.1. The first-order chi connectivity index (χ1) is 33.1. The summed E-state index contributed by atoms with van der Waals surface area (Å²) in [5, 5.41) is 7.16. The molecule has 1 aliphatic rings. The Balaban J connectivity index is 1.81. The van der Waals surface area contributed by atoms with Crippen LogP contribution >= 0.6 is 19.2 Å². The molecule has 1 fully saturated rings. The van der Waals surface area contributed by atoms with Gasteiger partial charge in [-0.25, -0.2) is 13.8 Å². The minimum Gasteiger partial charge on any atom is -0.593 e. The highest BCUT2D eigenvalue weighted by Crippen LogP contribution is 2.43. The molecule has 30 heteroatoms. The van der Waals surface area contributed by atoms with Crippen molar-refractivity contribution in [1.29, 1.82) is 0 Å². The zero-order valence-electron chi connectivity index (χ0n) is 37.6. The van der Waals surface area contributed by atoms with Gasteiger partial charge in [-0.3, -0.25) is 32.8 Å². The molecule has 2 aromatic carbocycles. The maximum Gasteiger partial charge on any atom is 0.431 e. The molecule has 0 aliphatic heterocycles. The van der Waals surface area contributed by atoms with Crippen LogP contribution in [0.5, 0.6) is 0 Å². The monoisotopic (exact) mass is 1100 g/mol. The van der Waals surface area contributed by atoms with Gasteiger partial charge in [0, 0.05) is 52.8 Å². The predicted octanol–water partition coefficient (Wildman–Crippen LogP) is 6.07. The van der Waals surface area contributed by atoms with Crippen molar-refractivity contribution >= 4 is 81.5 Å². The van der Waals surface area contributed by atoms with Crippen LogP contribution in [0.4, 0.5) is 49.7 Å². The molecule has 6 N–H and O–H groups in total. The van der Waals surface area contributed by atoms with E-state index in [0.717, 1.165) is 30.5 Å². The maximum atomic E-state index is 15.0. The van der Waals surface area contributed by atoms with Gasteiger partial charge in [0.05, 0.1) is 45.2 Å². The Morgan fingerprint density at radius 1 is 1.08 bits per heavy atom. The molecule has 0 saturated heterocycles. The molecule has 0 radical (unpaired) electrons. The van der Waals surface area contributed by atoms with Crippen LogP contribution in [0.25, 0.3) is 22.0 Å². The number of nitrogens with zero attached hydrogens (tertiary/aromatic N) is 5. The second-order valence-electron chi connectivity index (χ2n) is 16.3. The van der Waals surface area contributed by atoms with Crippen LogP contribution in [0, 0.1) is 23.5 Å². The fourth-order valence-electron chi connectivity index (χ4n) is 7.00. The summed E-state index contributed by atoms with van der Waals surface area (Å²) in [6.45, 7) is -1.10. The van der Waals surface area contributed by atoms with Crippen molar-refractivity contribution in [1.82, 2.24) is 25.4 Å². The summed E-state index contributed by atoms with van der Waals surface area (Å²) >= 11 is 3.94. The molecule has 390 valence electrons. The molecule has 3 atom stereocenters. The first kappa shape index (κ1) is 57.3. The Bertz CT molecular complexity index is 2990. The van der Waals surface area contributed by atoms with Crippen LogP contribution in [0.1, 0.15) is 49.7 Å². The summed E-state index contributed by atoms with van der Waals surface area (Å²) in [4.78, 5) is 66.8. The Kier molecular flexibility index (Phi) is 17.4. The van der Waals surface area contributed by atoms with E-state index in [9.17, 15) is 81.4 Å². The topological polar surface area (TPSA) is 245 Å². The number of hydrogen-bond acceptors (Lipinski definition) is 10. The Labute approximate surface area is 412 Å². The number of nitrogens with two attached hydrogens (primary N) is 1. The number of carbonyl (C=O) groups is 3. The molecule has 3 unspecified atom stereocenters. The van der Waals surface area contributed by atoms with E-state index in [2.05, 4.69) is 32.2 Å². The molecule has 1 aliphatic carbocycles. The molecule has 4 aromatic rings. The lowest BCUT2D eigenvalue weighted by molar-refractivity contribution is -0.141. The highest BCUT2D eigenvalue weighted by molar-refractivity contribution is 7.93. The molecule has 0 bridgehead atoms. The first-order valence-electron chi connectivity index (χ1n) is 20.5. The SMILES string of the molecule is CS(=O)C(C)(C)C#Cc1ccc(-c2ccc(Cl)c3c(N(C(=O)C(=O)NCCP(=O)(O)O)[S+](C)[O-])nn(CC(F)(F)F)c23)c(C(Cc2cc(F)cc(F)c2)NC(=O)CN=C2C(=C(N)C(F)(F)F)CCC2(F)F)n1. The molecular weight excluding hydrogens is 1070 g/mol. The third-order valence-corrected chi connectivity index (χ3v) is 14.0. The van der Waals surface area contributed by atoms with Gasteiger partial charge < -0.3 is 30.7 Å². The summed E-state index contributed by atoms with van der Waals surface area (Å²) in [5.74, 6) is -6.43. The van der Waals surface area contributed by atoms with Crippen molar-refractivity contribution < 1.29 is 81.4 Å². The summed E-state index contributed by atoms with van der Waals surface area (Å²) in [5.41, 5.74) is -1.33. The van der Waals surface area contributed by atoms with E-state index in [0.29, 0.717) is 6.07 Å².